The molecule has 3 aromatic rings. The summed E-state index contributed by atoms with van der Waals surface area (Å²) in [6.07, 6.45) is 3.32. The number of nitrogens with one attached hydrogen (secondary N) is 2. The van der Waals surface area contributed by atoms with E-state index in [9.17, 15) is 13.2 Å². The number of anilines is 1. The summed E-state index contributed by atoms with van der Waals surface area (Å²) in [6, 6.07) is 16.1. The maximum absolute atomic E-state index is 12.6. The van der Waals surface area contributed by atoms with E-state index < -0.39 is 15.9 Å². The number of rotatable bonds is 6. The van der Waals surface area contributed by atoms with Gasteiger partial charge in [0.2, 0.25) is 0 Å². The van der Waals surface area contributed by atoms with Gasteiger partial charge in [-0.3, -0.25) is 4.98 Å². The molecule has 2 aromatic carbocycles. The van der Waals surface area contributed by atoms with E-state index in [0.29, 0.717) is 22.8 Å². The van der Waals surface area contributed by atoms with Crippen molar-refractivity contribution in [1.82, 2.24) is 10.3 Å². The van der Waals surface area contributed by atoms with Crippen molar-refractivity contribution in [3.05, 3.63) is 89.2 Å². The summed E-state index contributed by atoms with van der Waals surface area (Å²) in [4.78, 5) is 16.1. The number of hydrogen-bond donors (Lipinski definition) is 2. The lowest BCUT2D eigenvalue weighted by molar-refractivity contribution is 0.251. The van der Waals surface area contributed by atoms with E-state index in [1.807, 2.05) is 6.07 Å². The molecule has 1 aromatic heterocycles. The van der Waals surface area contributed by atoms with Crippen LogP contribution in [0.3, 0.4) is 0 Å². The van der Waals surface area contributed by atoms with Gasteiger partial charge in [0.05, 0.1) is 10.6 Å². The second kappa shape index (κ2) is 8.86. The molecule has 28 heavy (non-hydrogen) atoms. The Labute approximate surface area is 168 Å². The van der Waals surface area contributed by atoms with Gasteiger partial charge in [-0.25, -0.2) is 13.2 Å². The molecule has 1 heterocycles. The third-order valence-corrected chi connectivity index (χ3v) is 6.00. The largest absolute Gasteiger partial charge is 0.334 e. The Morgan fingerprint density at radius 2 is 1.75 bits per heavy atom. The van der Waals surface area contributed by atoms with Crippen LogP contribution >= 0.6 is 11.6 Å². The fourth-order valence-corrected chi connectivity index (χ4v) is 4.17. The maximum Gasteiger partial charge on any atom is 0.319 e. The minimum Gasteiger partial charge on any atom is -0.334 e. The van der Waals surface area contributed by atoms with E-state index in [-0.39, 0.29) is 10.6 Å². The van der Waals surface area contributed by atoms with Crippen LogP contribution < -0.4 is 10.6 Å². The van der Waals surface area contributed by atoms with Gasteiger partial charge in [0, 0.05) is 29.6 Å². The van der Waals surface area contributed by atoms with Crippen molar-refractivity contribution < 1.29 is 13.2 Å². The van der Waals surface area contributed by atoms with E-state index in [4.69, 9.17) is 11.6 Å². The number of amides is 2. The van der Waals surface area contributed by atoms with Crippen LogP contribution in [-0.2, 0) is 22.1 Å². The number of nitrogens with zero attached hydrogens (tertiary/aromatic N) is 1. The fraction of sp³-hybridized carbons (Fsp3) is 0.100. The number of aromatic nitrogens is 1. The van der Waals surface area contributed by atoms with E-state index in [1.54, 1.807) is 54.9 Å². The van der Waals surface area contributed by atoms with Crippen LogP contribution in [-0.4, -0.2) is 19.4 Å². The van der Waals surface area contributed by atoms with Crippen LogP contribution in [0.1, 0.15) is 11.1 Å². The summed E-state index contributed by atoms with van der Waals surface area (Å²) in [7, 11) is -3.55. The van der Waals surface area contributed by atoms with Crippen LogP contribution in [0.4, 0.5) is 10.5 Å². The molecule has 0 unspecified atom stereocenters. The van der Waals surface area contributed by atoms with Crippen molar-refractivity contribution in [2.75, 3.05) is 5.32 Å². The second-order valence-corrected chi connectivity index (χ2v) is 8.44. The van der Waals surface area contributed by atoms with Crippen LogP contribution in [0.2, 0.25) is 5.02 Å². The molecule has 3 rings (SSSR count). The first-order valence-electron chi connectivity index (χ1n) is 8.44. The van der Waals surface area contributed by atoms with E-state index >= 15 is 0 Å². The first-order valence-corrected chi connectivity index (χ1v) is 10.5. The van der Waals surface area contributed by atoms with E-state index in [2.05, 4.69) is 15.6 Å². The lowest BCUT2D eigenvalue weighted by atomic mass is 10.2. The molecule has 2 amide bonds. The molecule has 0 fully saturated rings. The Morgan fingerprint density at radius 3 is 2.43 bits per heavy atom. The highest BCUT2D eigenvalue weighted by Gasteiger charge is 2.17. The number of hydrogen-bond acceptors (Lipinski definition) is 4. The van der Waals surface area contributed by atoms with Gasteiger partial charge in [-0.1, -0.05) is 35.9 Å². The van der Waals surface area contributed by atoms with Crippen molar-refractivity contribution >= 4 is 33.2 Å². The predicted molar refractivity (Wildman–Crippen MR) is 109 cm³/mol. The molecule has 0 atom stereocenters. The number of carbonyl (C=O) groups excluding carboxylic acids is 1. The van der Waals surface area contributed by atoms with Crippen molar-refractivity contribution in [1.29, 1.82) is 0 Å². The molecular weight excluding hydrogens is 398 g/mol. The molecule has 8 heteroatoms. The molecule has 0 saturated carbocycles. The van der Waals surface area contributed by atoms with Gasteiger partial charge < -0.3 is 10.6 Å². The molecule has 0 aliphatic rings. The van der Waals surface area contributed by atoms with Gasteiger partial charge in [-0.05, 0) is 47.5 Å². The summed E-state index contributed by atoms with van der Waals surface area (Å²) in [5.41, 5.74) is 1.90. The summed E-state index contributed by atoms with van der Waals surface area (Å²) in [5.74, 6) is -0.189. The van der Waals surface area contributed by atoms with Gasteiger partial charge in [0.25, 0.3) is 0 Å². The molecule has 0 saturated heterocycles. The molecule has 0 radical (unpaired) electrons. The number of pyridine rings is 1. The van der Waals surface area contributed by atoms with Gasteiger partial charge in [0.1, 0.15) is 0 Å². The smallest absolute Gasteiger partial charge is 0.319 e. The second-order valence-electron chi connectivity index (χ2n) is 6.04. The molecule has 144 valence electrons. The third-order valence-electron chi connectivity index (χ3n) is 3.95. The Bertz CT molecular complexity index is 1060. The molecule has 2 N–H and O–H groups in total. The summed E-state index contributed by atoms with van der Waals surface area (Å²) < 4.78 is 25.2. The van der Waals surface area contributed by atoms with Gasteiger partial charge >= 0.3 is 6.03 Å². The van der Waals surface area contributed by atoms with Crippen molar-refractivity contribution in [2.24, 2.45) is 0 Å². The van der Waals surface area contributed by atoms with Crippen LogP contribution in [0.5, 0.6) is 0 Å². The predicted octanol–water partition coefficient (Wildman–Crippen LogP) is 4.03. The first kappa shape index (κ1) is 19.9. The topological polar surface area (TPSA) is 88.2 Å². The highest BCUT2D eigenvalue weighted by molar-refractivity contribution is 7.90. The fourth-order valence-electron chi connectivity index (χ4n) is 2.51. The number of urea groups is 1. The standard InChI is InChI=1S/C20H18ClN3O3S/c21-19-6-2-1-5-16(19)14-28(26,27)18-9-7-17(8-10-18)24-20(25)23-13-15-4-3-11-22-12-15/h1-12H,13-14H2,(H2,23,24,25). The van der Waals surface area contributed by atoms with E-state index in [0.717, 1.165) is 5.56 Å². The minimum absolute atomic E-state index is 0.161. The quantitative estimate of drug-likeness (QED) is 0.636. The van der Waals surface area contributed by atoms with E-state index in [1.165, 1.54) is 12.1 Å². The Kier molecular flexibility index (Phi) is 6.28. The first-order chi connectivity index (χ1) is 13.4. The Hall–Kier alpha value is -2.90. The van der Waals surface area contributed by atoms with Crippen molar-refractivity contribution in [3.8, 4) is 0 Å². The van der Waals surface area contributed by atoms with Crippen LogP contribution in [0.15, 0.2) is 78.0 Å². The average molecular weight is 416 g/mol. The van der Waals surface area contributed by atoms with Crippen LogP contribution in [0, 0.1) is 0 Å². The van der Waals surface area contributed by atoms with Crippen LogP contribution in [0.25, 0.3) is 0 Å². The zero-order valence-electron chi connectivity index (χ0n) is 14.8. The summed E-state index contributed by atoms with van der Waals surface area (Å²) in [6.45, 7) is 0.337. The number of sulfone groups is 1. The highest BCUT2D eigenvalue weighted by Crippen LogP contribution is 2.23. The zero-order chi connectivity index (χ0) is 20.0. The minimum atomic E-state index is -3.55. The normalized spacial score (nSPS) is 11.0. The molecule has 0 spiro atoms. The molecule has 0 aliphatic heterocycles. The lowest BCUT2D eigenvalue weighted by Gasteiger charge is -2.09. The molecule has 0 bridgehead atoms. The molecule has 0 aliphatic carbocycles. The lowest BCUT2D eigenvalue weighted by Crippen LogP contribution is -2.28. The molecule has 6 nitrogen and oxygen atoms in total. The SMILES string of the molecule is O=C(NCc1cccnc1)Nc1ccc(S(=O)(=O)Cc2ccccc2Cl)cc1. The Morgan fingerprint density at radius 1 is 1.00 bits per heavy atom. The van der Waals surface area contributed by atoms with Gasteiger partial charge in [0.15, 0.2) is 9.84 Å². The summed E-state index contributed by atoms with van der Waals surface area (Å²) >= 11 is 6.05. The number of halogens is 1. The highest BCUT2D eigenvalue weighted by atomic mass is 35.5. The zero-order valence-corrected chi connectivity index (χ0v) is 16.4. The maximum atomic E-state index is 12.6. The number of carbonyl (C=O) groups is 1. The Balaban J connectivity index is 1.61. The van der Waals surface area contributed by atoms with Crippen molar-refractivity contribution in [2.45, 2.75) is 17.2 Å². The van der Waals surface area contributed by atoms with Gasteiger partial charge in [-0.2, -0.15) is 0 Å². The van der Waals surface area contributed by atoms with Gasteiger partial charge in [-0.15, -0.1) is 0 Å². The monoisotopic (exact) mass is 415 g/mol. The van der Waals surface area contributed by atoms with Crippen molar-refractivity contribution in [3.63, 3.8) is 0 Å². The average Bonchev–Trinajstić information content (AvgIpc) is 2.69. The number of benzene rings is 2. The third kappa shape index (κ3) is 5.31. The summed E-state index contributed by atoms with van der Waals surface area (Å²) in [5, 5.41) is 5.78. The molecular formula is C20H18ClN3O3S.